The van der Waals surface area contributed by atoms with E-state index < -0.39 is 0 Å². The molecule has 29 heavy (non-hydrogen) atoms. The van der Waals surface area contributed by atoms with E-state index in [0.717, 1.165) is 46.5 Å². The maximum Gasteiger partial charge on any atom is 0.113 e. The average molecular weight is 453 g/mol. The SMILES string of the molecule is CC(C)c1nc(CCOC2=CCCCCCC2)n(C)c1Sc1cc(Cl)cc(Cl)c1. The Labute approximate surface area is 188 Å². The number of rotatable bonds is 7. The van der Waals surface area contributed by atoms with E-state index in [1.165, 1.54) is 25.7 Å². The van der Waals surface area contributed by atoms with E-state index in [4.69, 9.17) is 32.9 Å². The zero-order valence-corrected chi connectivity index (χ0v) is 19.8. The molecule has 2 aromatic rings. The molecule has 0 atom stereocenters. The van der Waals surface area contributed by atoms with Crippen LogP contribution in [0.25, 0.3) is 0 Å². The molecule has 6 heteroatoms. The van der Waals surface area contributed by atoms with Crippen molar-refractivity contribution < 1.29 is 4.74 Å². The molecule has 0 spiro atoms. The number of hydrogen-bond donors (Lipinski definition) is 0. The van der Waals surface area contributed by atoms with Gasteiger partial charge in [0.1, 0.15) is 10.9 Å². The lowest BCUT2D eigenvalue weighted by molar-refractivity contribution is 0.198. The molecule has 3 nitrogen and oxygen atoms in total. The van der Waals surface area contributed by atoms with E-state index >= 15 is 0 Å². The lowest BCUT2D eigenvalue weighted by atomic mass is 10.1. The molecular formula is C23H30Cl2N2OS. The third-order valence-electron chi connectivity index (χ3n) is 5.12. The average Bonchev–Trinajstić information content (AvgIpc) is 2.92. The zero-order chi connectivity index (χ0) is 20.8. The summed E-state index contributed by atoms with van der Waals surface area (Å²) in [5, 5.41) is 2.43. The van der Waals surface area contributed by atoms with Gasteiger partial charge in [0.05, 0.1) is 18.1 Å². The van der Waals surface area contributed by atoms with Gasteiger partial charge in [0.25, 0.3) is 0 Å². The number of imidazole rings is 1. The maximum atomic E-state index is 6.19. The van der Waals surface area contributed by atoms with E-state index in [9.17, 15) is 0 Å². The highest BCUT2D eigenvalue weighted by Gasteiger charge is 2.19. The number of nitrogens with zero attached hydrogens (tertiary/aromatic N) is 2. The number of allylic oxidation sites excluding steroid dienone is 2. The molecule has 0 fully saturated rings. The van der Waals surface area contributed by atoms with E-state index in [-0.39, 0.29) is 0 Å². The van der Waals surface area contributed by atoms with Crippen LogP contribution in [0, 0.1) is 0 Å². The minimum absolute atomic E-state index is 0.335. The first-order chi connectivity index (χ1) is 13.9. The van der Waals surface area contributed by atoms with Crippen molar-refractivity contribution >= 4 is 35.0 Å². The van der Waals surface area contributed by atoms with Crippen LogP contribution in [-0.4, -0.2) is 16.2 Å². The third kappa shape index (κ3) is 6.44. The summed E-state index contributed by atoms with van der Waals surface area (Å²) < 4.78 is 8.29. The Balaban J connectivity index is 1.72. The van der Waals surface area contributed by atoms with Crippen LogP contribution in [0.2, 0.25) is 10.0 Å². The van der Waals surface area contributed by atoms with Gasteiger partial charge >= 0.3 is 0 Å². The van der Waals surface area contributed by atoms with Crippen LogP contribution >= 0.6 is 35.0 Å². The van der Waals surface area contributed by atoms with Gasteiger partial charge in [0.15, 0.2) is 0 Å². The van der Waals surface area contributed by atoms with Gasteiger partial charge < -0.3 is 9.30 Å². The Kier molecular flexibility index (Phi) is 8.40. The fourth-order valence-electron chi connectivity index (χ4n) is 3.54. The smallest absolute Gasteiger partial charge is 0.113 e. The monoisotopic (exact) mass is 452 g/mol. The molecule has 3 rings (SSSR count). The van der Waals surface area contributed by atoms with Gasteiger partial charge in [-0.25, -0.2) is 4.98 Å². The maximum absolute atomic E-state index is 6.19. The fraction of sp³-hybridized carbons (Fsp3) is 0.522. The topological polar surface area (TPSA) is 27.1 Å². The highest BCUT2D eigenvalue weighted by atomic mass is 35.5. The summed E-state index contributed by atoms with van der Waals surface area (Å²) in [6.07, 6.45) is 10.4. The Morgan fingerprint density at radius 3 is 2.55 bits per heavy atom. The minimum atomic E-state index is 0.335. The van der Waals surface area contributed by atoms with Crippen molar-refractivity contribution in [1.82, 2.24) is 9.55 Å². The molecule has 0 amide bonds. The second-order valence-electron chi connectivity index (χ2n) is 7.86. The molecule has 0 unspecified atom stereocenters. The molecule has 158 valence electrons. The van der Waals surface area contributed by atoms with Gasteiger partial charge in [-0.05, 0) is 49.5 Å². The van der Waals surface area contributed by atoms with Crippen molar-refractivity contribution in [3.05, 3.63) is 51.6 Å². The number of ether oxygens (including phenoxy) is 1. The minimum Gasteiger partial charge on any atom is -0.498 e. The second-order valence-corrected chi connectivity index (χ2v) is 9.80. The summed E-state index contributed by atoms with van der Waals surface area (Å²) >= 11 is 14.0. The predicted molar refractivity (Wildman–Crippen MR) is 123 cm³/mol. The predicted octanol–water partition coefficient (Wildman–Crippen LogP) is 7.80. The molecule has 0 aliphatic heterocycles. The first-order valence-electron chi connectivity index (χ1n) is 10.5. The van der Waals surface area contributed by atoms with Gasteiger partial charge in [0.2, 0.25) is 0 Å². The van der Waals surface area contributed by atoms with E-state index in [1.807, 2.05) is 12.1 Å². The number of hydrogen-bond acceptors (Lipinski definition) is 3. The highest BCUT2D eigenvalue weighted by molar-refractivity contribution is 7.99. The highest BCUT2D eigenvalue weighted by Crippen LogP contribution is 2.36. The molecule has 0 radical (unpaired) electrons. The van der Waals surface area contributed by atoms with Crippen LogP contribution in [0.1, 0.15) is 69.8 Å². The Morgan fingerprint density at radius 1 is 1.10 bits per heavy atom. The lowest BCUT2D eigenvalue weighted by Crippen LogP contribution is -2.05. The molecule has 1 aliphatic rings. The van der Waals surface area contributed by atoms with Crippen LogP contribution in [-0.2, 0) is 18.2 Å². The van der Waals surface area contributed by atoms with E-state index in [1.54, 1.807) is 17.8 Å². The summed E-state index contributed by atoms with van der Waals surface area (Å²) in [5.74, 6) is 2.54. The molecule has 0 bridgehead atoms. The van der Waals surface area contributed by atoms with Gasteiger partial charge in [-0.3, -0.25) is 0 Å². The van der Waals surface area contributed by atoms with Crippen molar-refractivity contribution in [3.63, 3.8) is 0 Å². The van der Waals surface area contributed by atoms with Crippen LogP contribution in [0.4, 0.5) is 0 Å². The van der Waals surface area contributed by atoms with Crippen LogP contribution in [0.3, 0.4) is 0 Å². The van der Waals surface area contributed by atoms with Crippen molar-refractivity contribution in [3.8, 4) is 0 Å². The normalized spacial score (nSPS) is 15.2. The van der Waals surface area contributed by atoms with E-state index in [2.05, 4.69) is 31.5 Å². The van der Waals surface area contributed by atoms with Gasteiger partial charge in [-0.2, -0.15) is 0 Å². The number of benzene rings is 1. The summed E-state index contributed by atoms with van der Waals surface area (Å²) in [6.45, 7) is 5.02. The third-order valence-corrected chi connectivity index (χ3v) is 6.70. The second kappa shape index (κ2) is 10.8. The van der Waals surface area contributed by atoms with Crippen LogP contribution < -0.4 is 0 Å². The van der Waals surface area contributed by atoms with Gasteiger partial charge in [-0.1, -0.05) is 61.7 Å². The van der Waals surface area contributed by atoms with Gasteiger partial charge in [0, 0.05) is 34.8 Å². The summed E-state index contributed by atoms with van der Waals surface area (Å²) in [5.41, 5.74) is 1.11. The number of aromatic nitrogens is 2. The van der Waals surface area contributed by atoms with Gasteiger partial charge in [-0.15, -0.1) is 0 Å². The molecule has 1 heterocycles. The van der Waals surface area contributed by atoms with Crippen LogP contribution in [0.5, 0.6) is 0 Å². The zero-order valence-electron chi connectivity index (χ0n) is 17.5. The first kappa shape index (κ1) is 22.6. The molecule has 0 saturated heterocycles. The molecule has 0 N–H and O–H groups in total. The summed E-state index contributed by atoms with van der Waals surface area (Å²) in [6, 6.07) is 5.64. The molecule has 1 aromatic carbocycles. The Hall–Kier alpha value is -1.10. The number of halogens is 2. The molecule has 0 saturated carbocycles. The quantitative estimate of drug-likeness (QED) is 0.428. The van der Waals surface area contributed by atoms with Crippen molar-refractivity contribution in [2.75, 3.05) is 6.61 Å². The Morgan fingerprint density at radius 2 is 1.83 bits per heavy atom. The van der Waals surface area contributed by atoms with Crippen molar-refractivity contribution in [1.29, 1.82) is 0 Å². The standard InChI is InChI=1S/C23H30Cl2N2OS/c1-16(2)22-23(29-20-14-17(24)13-18(25)15-20)27(3)21(26-22)11-12-28-19-9-7-5-4-6-8-10-19/h9,13-16H,4-8,10-12H2,1-3H3. The molecule has 1 aliphatic carbocycles. The molecular weight excluding hydrogens is 423 g/mol. The largest absolute Gasteiger partial charge is 0.498 e. The first-order valence-corrected chi connectivity index (χ1v) is 12.0. The summed E-state index contributed by atoms with van der Waals surface area (Å²) in [4.78, 5) is 5.97. The molecule has 1 aromatic heterocycles. The van der Waals surface area contributed by atoms with E-state index in [0.29, 0.717) is 22.6 Å². The fourth-order valence-corrected chi connectivity index (χ4v) is 5.42. The Bertz CT molecular complexity index is 841. The lowest BCUT2D eigenvalue weighted by Gasteiger charge is -2.13. The summed E-state index contributed by atoms with van der Waals surface area (Å²) in [7, 11) is 2.08. The van der Waals surface area contributed by atoms with Crippen molar-refractivity contribution in [2.45, 2.75) is 74.6 Å². The van der Waals surface area contributed by atoms with Crippen molar-refractivity contribution in [2.24, 2.45) is 7.05 Å². The van der Waals surface area contributed by atoms with Crippen LogP contribution in [0.15, 0.2) is 40.0 Å².